The number of nitrogens with one attached hydrogen (secondary N) is 2. The molecule has 4 aromatic carbocycles. The Hall–Kier alpha value is -5.11. The number of rotatable bonds is 7. The van der Waals surface area contributed by atoms with Crippen LogP contribution in [0.25, 0.3) is 0 Å². The van der Waals surface area contributed by atoms with Gasteiger partial charge in [0, 0.05) is 34.1 Å². The van der Waals surface area contributed by atoms with Crippen molar-refractivity contribution < 1.29 is 0 Å². The zero-order chi connectivity index (χ0) is 24.0. The highest BCUT2D eigenvalue weighted by atomic mass is 15.3. The molecule has 5 rings (SSSR count). The standard InChI is InChI=1S/C27H24N8/c28-19-11-15-21(16-12-19)30-25-32-26(31-22-17-13-20(29)14-18-22)34-27(33-25)35(23-7-3-1-4-8-23)24-9-5-2-6-10-24/h1-18H,28-29H2,(H2,30,31,32,33,34). The van der Waals surface area contributed by atoms with Crippen molar-refractivity contribution in [3.8, 4) is 0 Å². The van der Waals surface area contributed by atoms with Gasteiger partial charge in [-0.3, -0.25) is 4.90 Å². The van der Waals surface area contributed by atoms with Crippen LogP contribution in [-0.2, 0) is 0 Å². The third kappa shape index (κ3) is 5.28. The summed E-state index contributed by atoms with van der Waals surface area (Å²) >= 11 is 0. The van der Waals surface area contributed by atoms with Gasteiger partial charge in [-0.15, -0.1) is 0 Å². The molecular formula is C27H24N8. The maximum Gasteiger partial charge on any atom is 0.241 e. The molecule has 5 aromatic rings. The smallest absolute Gasteiger partial charge is 0.241 e. The molecule has 0 saturated carbocycles. The van der Waals surface area contributed by atoms with Crippen LogP contribution in [0.4, 0.5) is 52.0 Å². The summed E-state index contributed by atoms with van der Waals surface area (Å²) in [5, 5.41) is 6.52. The second-order valence-corrected chi connectivity index (χ2v) is 7.78. The van der Waals surface area contributed by atoms with Crippen molar-refractivity contribution in [1.82, 2.24) is 15.0 Å². The Balaban J connectivity index is 1.60. The fourth-order valence-electron chi connectivity index (χ4n) is 3.50. The monoisotopic (exact) mass is 460 g/mol. The van der Waals surface area contributed by atoms with E-state index in [9.17, 15) is 0 Å². The van der Waals surface area contributed by atoms with Gasteiger partial charge in [0.15, 0.2) is 0 Å². The summed E-state index contributed by atoms with van der Waals surface area (Å²) in [6.45, 7) is 0. The number of aromatic nitrogens is 3. The van der Waals surface area contributed by atoms with E-state index in [1.165, 1.54) is 0 Å². The summed E-state index contributed by atoms with van der Waals surface area (Å²) in [6, 6.07) is 34.7. The van der Waals surface area contributed by atoms with Crippen LogP contribution in [0.3, 0.4) is 0 Å². The highest BCUT2D eigenvalue weighted by Crippen LogP contribution is 2.33. The zero-order valence-corrected chi connectivity index (χ0v) is 18.8. The van der Waals surface area contributed by atoms with E-state index >= 15 is 0 Å². The summed E-state index contributed by atoms with van der Waals surface area (Å²) in [4.78, 5) is 16.1. The average Bonchev–Trinajstić information content (AvgIpc) is 2.88. The maximum absolute atomic E-state index is 5.84. The third-order valence-corrected chi connectivity index (χ3v) is 5.19. The summed E-state index contributed by atoms with van der Waals surface area (Å²) < 4.78 is 0. The molecule has 0 aliphatic rings. The van der Waals surface area contributed by atoms with E-state index in [0.717, 1.165) is 22.7 Å². The minimum absolute atomic E-state index is 0.384. The van der Waals surface area contributed by atoms with E-state index in [0.29, 0.717) is 29.2 Å². The summed E-state index contributed by atoms with van der Waals surface area (Å²) in [5.41, 5.74) is 16.5. The van der Waals surface area contributed by atoms with Crippen LogP contribution in [0, 0.1) is 0 Å². The molecule has 0 spiro atoms. The quantitative estimate of drug-likeness (QED) is 0.219. The molecule has 6 N–H and O–H groups in total. The van der Waals surface area contributed by atoms with Crippen LogP contribution in [-0.4, -0.2) is 15.0 Å². The van der Waals surface area contributed by atoms with Gasteiger partial charge >= 0.3 is 0 Å². The minimum atomic E-state index is 0.384. The van der Waals surface area contributed by atoms with Crippen molar-refractivity contribution >= 4 is 52.0 Å². The number of anilines is 9. The molecule has 0 unspecified atom stereocenters. The van der Waals surface area contributed by atoms with Crippen molar-refractivity contribution in [2.24, 2.45) is 0 Å². The molecule has 0 saturated heterocycles. The summed E-state index contributed by atoms with van der Waals surface area (Å²) in [5.74, 6) is 1.22. The minimum Gasteiger partial charge on any atom is -0.399 e. The van der Waals surface area contributed by atoms with Crippen LogP contribution in [0.2, 0.25) is 0 Å². The lowest BCUT2D eigenvalue weighted by atomic mass is 10.2. The molecule has 8 nitrogen and oxygen atoms in total. The zero-order valence-electron chi connectivity index (χ0n) is 18.8. The van der Waals surface area contributed by atoms with Gasteiger partial charge in [-0.25, -0.2) is 0 Å². The van der Waals surface area contributed by atoms with E-state index in [1.807, 2.05) is 114 Å². The first-order valence-electron chi connectivity index (χ1n) is 11.1. The predicted molar refractivity (Wildman–Crippen MR) is 143 cm³/mol. The molecule has 1 aromatic heterocycles. The van der Waals surface area contributed by atoms with Gasteiger partial charge in [-0.2, -0.15) is 15.0 Å². The van der Waals surface area contributed by atoms with Crippen LogP contribution in [0.1, 0.15) is 0 Å². The van der Waals surface area contributed by atoms with Gasteiger partial charge in [0.2, 0.25) is 17.8 Å². The number of nitrogens with zero attached hydrogens (tertiary/aromatic N) is 4. The van der Waals surface area contributed by atoms with Gasteiger partial charge < -0.3 is 22.1 Å². The molecular weight excluding hydrogens is 436 g/mol. The Morgan fingerprint density at radius 2 is 0.886 bits per heavy atom. The van der Waals surface area contributed by atoms with Crippen molar-refractivity contribution in [2.75, 3.05) is 27.0 Å². The number of benzene rings is 4. The lowest BCUT2D eigenvalue weighted by Crippen LogP contribution is -2.16. The van der Waals surface area contributed by atoms with Gasteiger partial charge in [0.25, 0.3) is 0 Å². The lowest BCUT2D eigenvalue weighted by Gasteiger charge is -2.24. The second-order valence-electron chi connectivity index (χ2n) is 7.78. The fraction of sp³-hybridized carbons (Fsp3) is 0. The summed E-state index contributed by atoms with van der Waals surface area (Å²) in [7, 11) is 0. The predicted octanol–water partition coefficient (Wildman–Crippen LogP) is 5.99. The van der Waals surface area contributed by atoms with E-state index < -0.39 is 0 Å². The molecule has 0 fully saturated rings. The molecule has 0 aliphatic carbocycles. The Kier molecular flexibility index (Phi) is 6.08. The molecule has 0 atom stereocenters. The molecule has 35 heavy (non-hydrogen) atoms. The van der Waals surface area contributed by atoms with Crippen molar-refractivity contribution in [3.63, 3.8) is 0 Å². The van der Waals surface area contributed by atoms with E-state index in [1.54, 1.807) is 0 Å². The normalized spacial score (nSPS) is 10.5. The molecule has 0 amide bonds. The molecule has 172 valence electrons. The van der Waals surface area contributed by atoms with Crippen molar-refractivity contribution in [1.29, 1.82) is 0 Å². The van der Waals surface area contributed by atoms with Gasteiger partial charge in [-0.05, 0) is 72.8 Å². The van der Waals surface area contributed by atoms with Crippen LogP contribution in [0.15, 0.2) is 109 Å². The van der Waals surface area contributed by atoms with Gasteiger partial charge in [0.1, 0.15) is 0 Å². The van der Waals surface area contributed by atoms with Crippen LogP contribution in [0.5, 0.6) is 0 Å². The number of hydrogen-bond acceptors (Lipinski definition) is 8. The van der Waals surface area contributed by atoms with E-state index in [4.69, 9.17) is 21.4 Å². The fourth-order valence-corrected chi connectivity index (χ4v) is 3.50. The number of hydrogen-bond donors (Lipinski definition) is 4. The summed E-state index contributed by atoms with van der Waals surface area (Å²) in [6.07, 6.45) is 0. The first kappa shape index (κ1) is 21.7. The SMILES string of the molecule is Nc1ccc(Nc2nc(Nc3ccc(N)cc3)nc(N(c3ccccc3)c3ccccc3)n2)cc1. The molecule has 1 heterocycles. The molecule has 0 bridgehead atoms. The van der Waals surface area contributed by atoms with E-state index in [-0.39, 0.29) is 0 Å². The molecule has 0 aliphatic heterocycles. The second kappa shape index (κ2) is 9.80. The Labute approximate surface area is 203 Å². The van der Waals surface area contributed by atoms with Crippen molar-refractivity contribution in [3.05, 3.63) is 109 Å². The Morgan fingerprint density at radius 1 is 0.486 bits per heavy atom. The van der Waals surface area contributed by atoms with Gasteiger partial charge in [-0.1, -0.05) is 36.4 Å². The highest BCUT2D eigenvalue weighted by Gasteiger charge is 2.18. The first-order chi connectivity index (χ1) is 17.1. The average molecular weight is 461 g/mol. The Bertz CT molecular complexity index is 1280. The third-order valence-electron chi connectivity index (χ3n) is 5.19. The van der Waals surface area contributed by atoms with Crippen molar-refractivity contribution in [2.45, 2.75) is 0 Å². The lowest BCUT2D eigenvalue weighted by molar-refractivity contribution is 1.02. The first-order valence-corrected chi connectivity index (χ1v) is 11.1. The topological polar surface area (TPSA) is 118 Å². The van der Waals surface area contributed by atoms with Crippen LogP contribution >= 0.6 is 0 Å². The largest absolute Gasteiger partial charge is 0.399 e. The van der Waals surface area contributed by atoms with Crippen LogP contribution < -0.4 is 27.0 Å². The van der Waals surface area contributed by atoms with E-state index in [2.05, 4.69) is 15.6 Å². The molecule has 8 heteroatoms. The maximum atomic E-state index is 5.84. The Morgan fingerprint density at radius 3 is 1.29 bits per heavy atom. The number of nitrogens with two attached hydrogens (primary N) is 2. The van der Waals surface area contributed by atoms with Gasteiger partial charge in [0.05, 0.1) is 0 Å². The molecule has 0 radical (unpaired) electrons. The number of nitrogen functional groups attached to an aromatic ring is 2. The number of para-hydroxylation sites is 2. The highest BCUT2D eigenvalue weighted by molar-refractivity contribution is 5.74.